The van der Waals surface area contributed by atoms with Crippen LogP contribution in [-0.2, 0) is 7.05 Å². The molecular formula is C15H18N6O. The van der Waals surface area contributed by atoms with Crippen molar-refractivity contribution in [1.82, 2.24) is 24.3 Å². The first-order chi connectivity index (χ1) is 10.6. The summed E-state index contributed by atoms with van der Waals surface area (Å²) >= 11 is 0. The molecule has 0 bridgehead atoms. The lowest BCUT2D eigenvalue weighted by Crippen LogP contribution is -2.25. The van der Waals surface area contributed by atoms with Gasteiger partial charge in [0.25, 0.3) is 5.91 Å². The van der Waals surface area contributed by atoms with Crippen LogP contribution in [-0.4, -0.2) is 31.4 Å². The minimum absolute atomic E-state index is 0.251. The molecule has 0 unspecified atom stereocenters. The van der Waals surface area contributed by atoms with Crippen molar-refractivity contribution in [3.8, 4) is 11.3 Å². The molecule has 3 aromatic heterocycles. The van der Waals surface area contributed by atoms with Crippen molar-refractivity contribution >= 4 is 17.4 Å². The summed E-state index contributed by atoms with van der Waals surface area (Å²) in [7, 11) is 1.91. The Morgan fingerprint density at radius 2 is 2.27 bits per heavy atom. The van der Waals surface area contributed by atoms with Crippen molar-refractivity contribution < 1.29 is 4.79 Å². The maximum Gasteiger partial charge on any atom is 0.273 e. The molecule has 0 aliphatic carbocycles. The van der Waals surface area contributed by atoms with Crippen molar-refractivity contribution in [2.45, 2.75) is 13.3 Å². The molecule has 0 aliphatic heterocycles. The smallest absolute Gasteiger partial charge is 0.273 e. The Hall–Kier alpha value is -2.83. The zero-order valence-corrected chi connectivity index (χ0v) is 12.6. The highest BCUT2D eigenvalue weighted by Gasteiger charge is 2.19. The molecule has 3 N–H and O–H groups in total. The van der Waals surface area contributed by atoms with Crippen molar-refractivity contribution in [1.29, 1.82) is 0 Å². The van der Waals surface area contributed by atoms with Gasteiger partial charge in [-0.05, 0) is 18.6 Å². The largest absolute Gasteiger partial charge is 0.383 e. The Kier molecular flexibility index (Phi) is 3.54. The Morgan fingerprint density at radius 1 is 1.45 bits per heavy atom. The Morgan fingerprint density at radius 3 is 2.95 bits per heavy atom. The van der Waals surface area contributed by atoms with E-state index >= 15 is 0 Å². The van der Waals surface area contributed by atoms with Crippen molar-refractivity contribution in [3.63, 3.8) is 0 Å². The highest BCUT2D eigenvalue weighted by molar-refractivity contribution is 5.98. The number of hydrogen-bond donors (Lipinski definition) is 2. The zero-order valence-electron chi connectivity index (χ0n) is 12.6. The molecule has 0 aliphatic rings. The molecular weight excluding hydrogens is 280 g/mol. The number of imidazole rings is 2. The summed E-state index contributed by atoms with van der Waals surface area (Å²) in [5.74, 6) is 0.0895. The van der Waals surface area contributed by atoms with Gasteiger partial charge in [-0.15, -0.1) is 0 Å². The number of carbonyl (C=O) groups is 1. The number of aromatic nitrogens is 4. The van der Waals surface area contributed by atoms with Crippen LogP contribution < -0.4 is 11.1 Å². The molecule has 0 aromatic carbocycles. The monoisotopic (exact) mass is 298 g/mol. The van der Waals surface area contributed by atoms with E-state index in [2.05, 4.69) is 15.3 Å². The molecule has 7 nitrogen and oxygen atoms in total. The summed E-state index contributed by atoms with van der Waals surface area (Å²) in [6.07, 6.45) is 6.14. The van der Waals surface area contributed by atoms with E-state index in [0.29, 0.717) is 18.0 Å². The third-order valence-corrected chi connectivity index (χ3v) is 3.53. The van der Waals surface area contributed by atoms with Crippen LogP contribution >= 0.6 is 0 Å². The topological polar surface area (TPSA) is 90.2 Å². The Bertz CT molecular complexity index is 832. The predicted octanol–water partition coefficient (Wildman–Crippen LogP) is 1.46. The summed E-state index contributed by atoms with van der Waals surface area (Å²) < 4.78 is 3.63. The van der Waals surface area contributed by atoms with Crippen LogP contribution in [0.4, 0.5) is 5.82 Å². The maximum absolute atomic E-state index is 12.2. The zero-order chi connectivity index (χ0) is 15.7. The molecule has 3 heterocycles. The normalized spacial score (nSPS) is 11.0. The highest BCUT2D eigenvalue weighted by Crippen LogP contribution is 2.26. The van der Waals surface area contributed by atoms with Crippen LogP contribution in [0.2, 0.25) is 0 Å². The lowest BCUT2D eigenvalue weighted by atomic mass is 10.2. The van der Waals surface area contributed by atoms with Crippen LogP contribution in [0.1, 0.15) is 23.8 Å². The van der Waals surface area contributed by atoms with Gasteiger partial charge in [-0.25, -0.2) is 9.97 Å². The minimum atomic E-state index is -0.251. The van der Waals surface area contributed by atoms with Crippen LogP contribution in [0, 0.1) is 0 Å². The van der Waals surface area contributed by atoms with Crippen LogP contribution in [0.15, 0.2) is 30.9 Å². The fourth-order valence-corrected chi connectivity index (χ4v) is 2.39. The third-order valence-electron chi connectivity index (χ3n) is 3.53. The first-order valence-corrected chi connectivity index (χ1v) is 7.15. The fraction of sp³-hybridized carbons (Fsp3) is 0.267. The van der Waals surface area contributed by atoms with Gasteiger partial charge in [-0.2, -0.15) is 0 Å². The lowest BCUT2D eigenvalue weighted by molar-refractivity contribution is 0.0950. The quantitative estimate of drug-likeness (QED) is 0.763. The van der Waals surface area contributed by atoms with Crippen molar-refractivity contribution in [2.75, 3.05) is 12.3 Å². The number of aryl methyl sites for hydroxylation is 1. The van der Waals surface area contributed by atoms with Gasteiger partial charge in [-0.1, -0.05) is 6.92 Å². The molecule has 0 spiro atoms. The van der Waals surface area contributed by atoms with Gasteiger partial charge in [-0.3, -0.25) is 9.20 Å². The van der Waals surface area contributed by atoms with Gasteiger partial charge in [0.05, 0.1) is 18.2 Å². The average Bonchev–Trinajstić information content (AvgIpc) is 3.09. The number of nitrogen functional groups attached to an aromatic ring is 1. The molecule has 3 rings (SSSR count). The number of nitrogens with zero attached hydrogens (tertiary/aromatic N) is 4. The molecule has 0 radical (unpaired) electrons. The number of nitrogens with one attached hydrogen (secondary N) is 1. The molecule has 0 saturated carbocycles. The lowest BCUT2D eigenvalue weighted by Gasteiger charge is -2.04. The van der Waals surface area contributed by atoms with E-state index in [0.717, 1.165) is 17.7 Å². The van der Waals surface area contributed by atoms with E-state index in [9.17, 15) is 4.79 Å². The van der Waals surface area contributed by atoms with Crippen molar-refractivity contribution in [2.24, 2.45) is 7.05 Å². The molecule has 114 valence electrons. The van der Waals surface area contributed by atoms with Gasteiger partial charge < -0.3 is 15.6 Å². The molecule has 0 atom stereocenters. The number of rotatable bonds is 4. The van der Waals surface area contributed by atoms with Crippen LogP contribution in [0.5, 0.6) is 0 Å². The first kappa shape index (κ1) is 14.1. The number of carbonyl (C=O) groups excluding carboxylic acids is 1. The third kappa shape index (κ3) is 2.20. The number of pyridine rings is 1. The molecule has 7 heteroatoms. The van der Waals surface area contributed by atoms with Gasteiger partial charge in [0, 0.05) is 25.4 Å². The Balaban J connectivity index is 2.14. The fourth-order valence-electron chi connectivity index (χ4n) is 2.39. The average molecular weight is 298 g/mol. The number of nitrogens with two attached hydrogens (primary N) is 1. The number of amides is 1. The SMILES string of the molecule is CCCNC(=O)c1nc2c(-c3cncn3C)cccn2c1N. The van der Waals surface area contributed by atoms with Gasteiger partial charge in [0.15, 0.2) is 5.69 Å². The van der Waals surface area contributed by atoms with E-state index < -0.39 is 0 Å². The van der Waals surface area contributed by atoms with E-state index in [1.54, 1.807) is 23.1 Å². The molecule has 22 heavy (non-hydrogen) atoms. The minimum Gasteiger partial charge on any atom is -0.383 e. The molecule has 0 fully saturated rings. The second kappa shape index (κ2) is 5.51. The van der Waals surface area contributed by atoms with E-state index in [1.807, 2.05) is 30.7 Å². The number of anilines is 1. The van der Waals surface area contributed by atoms with E-state index in [1.165, 1.54) is 0 Å². The summed E-state index contributed by atoms with van der Waals surface area (Å²) in [4.78, 5) is 20.7. The molecule has 3 aromatic rings. The summed E-state index contributed by atoms with van der Waals surface area (Å²) in [5.41, 5.74) is 8.78. The predicted molar refractivity (Wildman–Crippen MR) is 84.4 cm³/mol. The first-order valence-electron chi connectivity index (χ1n) is 7.15. The second-order valence-corrected chi connectivity index (χ2v) is 5.11. The Labute approximate surface area is 127 Å². The summed E-state index contributed by atoms with van der Waals surface area (Å²) in [5, 5.41) is 2.80. The standard InChI is InChI=1S/C15H18N6O/c1-3-6-18-15(22)12-13(16)21-7-4-5-10(14(21)19-12)11-8-17-9-20(11)2/h4-5,7-9H,3,6,16H2,1-2H3,(H,18,22). The van der Waals surface area contributed by atoms with E-state index in [4.69, 9.17) is 5.73 Å². The summed E-state index contributed by atoms with van der Waals surface area (Å²) in [6.45, 7) is 2.59. The number of fused-ring (bicyclic) bond motifs is 1. The maximum atomic E-state index is 12.2. The van der Waals surface area contributed by atoms with Gasteiger partial charge in [0.1, 0.15) is 11.5 Å². The van der Waals surface area contributed by atoms with Crippen LogP contribution in [0.3, 0.4) is 0 Å². The van der Waals surface area contributed by atoms with Gasteiger partial charge in [0.2, 0.25) is 0 Å². The molecule has 1 amide bonds. The second-order valence-electron chi connectivity index (χ2n) is 5.11. The highest BCUT2D eigenvalue weighted by atomic mass is 16.1. The van der Waals surface area contributed by atoms with Gasteiger partial charge >= 0.3 is 0 Å². The van der Waals surface area contributed by atoms with Crippen LogP contribution in [0.25, 0.3) is 16.9 Å². The van der Waals surface area contributed by atoms with E-state index in [-0.39, 0.29) is 11.6 Å². The molecule has 0 saturated heterocycles. The summed E-state index contributed by atoms with van der Waals surface area (Å²) in [6, 6.07) is 3.81. The number of hydrogen-bond acceptors (Lipinski definition) is 4. The van der Waals surface area contributed by atoms with Crippen molar-refractivity contribution in [3.05, 3.63) is 36.5 Å².